The van der Waals surface area contributed by atoms with Gasteiger partial charge in [-0.05, 0) is 18.2 Å². The second-order valence-corrected chi connectivity index (χ2v) is 5.39. The third-order valence-corrected chi connectivity index (χ3v) is 3.31. The molecule has 0 fully saturated rings. The van der Waals surface area contributed by atoms with Gasteiger partial charge in [-0.1, -0.05) is 26.0 Å². The Balaban J connectivity index is 2.31. The maximum Gasteiger partial charge on any atom is 0.257 e. The van der Waals surface area contributed by atoms with Gasteiger partial charge in [0.1, 0.15) is 0 Å². The molecular weight excluding hydrogens is 280 g/mol. The van der Waals surface area contributed by atoms with Gasteiger partial charge in [-0.25, -0.2) is 0 Å². The van der Waals surface area contributed by atoms with Gasteiger partial charge in [0.15, 0.2) is 5.78 Å². The van der Waals surface area contributed by atoms with E-state index in [0.717, 1.165) is 0 Å². The lowest BCUT2D eigenvalue weighted by Crippen LogP contribution is -2.20. The van der Waals surface area contributed by atoms with Gasteiger partial charge >= 0.3 is 0 Å². The first-order valence-electron chi connectivity index (χ1n) is 7.01. The van der Waals surface area contributed by atoms with Crippen LogP contribution in [0.5, 0.6) is 0 Å². The number of para-hydroxylation sites is 1. The van der Waals surface area contributed by atoms with Gasteiger partial charge in [-0.2, -0.15) is 0 Å². The first kappa shape index (κ1) is 15.7. The highest BCUT2D eigenvalue weighted by atomic mass is 16.2. The molecule has 2 aromatic rings. The fourth-order valence-electron chi connectivity index (χ4n) is 2.04. The summed E-state index contributed by atoms with van der Waals surface area (Å²) in [6.45, 7) is 3.63. The lowest BCUT2D eigenvalue weighted by Gasteiger charge is -2.12. The van der Waals surface area contributed by atoms with Crippen molar-refractivity contribution in [3.63, 3.8) is 0 Å². The molecule has 1 N–H and O–H groups in total. The van der Waals surface area contributed by atoms with Crippen LogP contribution in [0.1, 0.15) is 34.6 Å². The van der Waals surface area contributed by atoms with Crippen LogP contribution in [0.3, 0.4) is 0 Å². The molecule has 1 amide bonds. The van der Waals surface area contributed by atoms with Gasteiger partial charge < -0.3 is 9.88 Å². The molecule has 0 spiro atoms. The van der Waals surface area contributed by atoms with E-state index in [1.165, 1.54) is 22.9 Å². The van der Waals surface area contributed by atoms with E-state index in [2.05, 4.69) is 5.32 Å². The zero-order valence-corrected chi connectivity index (χ0v) is 12.8. The van der Waals surface area contributed by atoms with Crippen LogP contribution >= 0.6 is 0 Å². The number of benzene rings is 1. The smallest absolute Gasteiger partial charge is 0.257 e. The topological polar surface area (TPSA) is 68.2 Å². The molecule has 0 radical (unpaired) electrons. The summed E-state index contributed by atoms with van der Waals surface area (Å²) in [4.78, 5) is 35.8. The maximum atomic E-state index is 12.3. The van der Waals surface area contributed by atoms with Crippen molar-refractivity contribution in [1.82, 2.24) is 4.57 Å². The Hall–Kier alpha value is -2.69. The van der Waals surface area contributed by atoms with E-state index in [4.69, 9.17) is 0 Å². The second kappa shape index (κ2) is 6.39. The molecule has 0 saturated carbocycles. The Morgan fingerprint density at radius 3 is 2.41 bits per heavy atom. The third kappa shape index (κ3) is 3.31. The molecule has 1 heterocycles. The quantitative estimate of drug-likeness (QED) is 0.882. The lowest BCUT2D eigenvalue weighted by molar-refractivity contribution is 0.0940. The Morgan fingerprint density at radius 2 is 1.77 bits per heavy atom. The Labute approximate surface area is 128 Å². The Kier molecular flexibility index (Phi) is 4.56. The second-order valence-electron chi connectivity index (χ2n) is 5.39. The highest BCUT2D eigenvalue weighted by molar-refractivity contribution is 6.09. The van der Waals surface area contributed by atoms with E-state index in [1.807, 2.05) is 13.8 Å². The van der Waals surface area contributed by atoms with Crippen LogP contribution in [-0.2, 0) is 7.05 Å². The minimum atomic E-state index is -0.361. The van der Waals surface area contributed by atoms with Crippen LogP contribution in [-0.4, -0.2) is 16.3 Å². The number of amides is 1. The molecule has 5 heteroatoms. The first-order chi connectivity index (χ1) is 10.4. The molecule has 0 saturated heterocycles. The number of ketones is 1. The van der Waals surface area contributed by atoms with Crippen molar-refractivity contribution < 1.29 is 9.59 Å². The number of aromatic nitrogens is 1. The van der Waals surface area contributed by atoms with Crippen molar-refractivity contribution in [2.24, 2.45) is 13.0 Å². The zero-order chi connectivity index (χ0) is 16.3. The predicted molar refractivity (Wildman–Crippen MR) is 85.2 cm³/mol. The number of hydrogen-bond donors (Lipinski definition) is 1. The number of nitrogens with one attached hydrogen (secondary N) is 1. The average molecular weight is 298 g/mol. The number of anilines is 1. The number of nitrogens with zero attached hydrogens (tertiary/aromatic N) is 1. The summed E-state index contributed by atoms with van der Waals surface area (Å²) in [7, 11) is 1.58. The Bertz CT molecular complexity index is 775. The summed E-state index contributed by atoms with van der Waals surface area (Å²) in [5, 5.41) is 2.73. The summed E-state index contributed by atoms with van der Waals surface area (Å²) in [6, 6.07) is 9.70. The lowest BCUT2D eigenvalue weighted by atomic mass is 9.99. The molecule has 1 aromatic carbocycles. The van der Waals surface area contributed by atoms with Gasteiger partial charge in [-0.3, -0.25) is 14.4 Å². The first-order valence-corrected chi connectivity index (χ1v) is 7.01. The van der Waals surface area contributed by atoms with E-state index >= 15 is 0 Å². The number of pyridine rings is 1. The summed E-state index contributed by atoms with van der Waals surface area (Å²) in [5.41, 5.74) is 1.12. The van der Waals surface area contributed by atoms with Crippen molar-refractivity contribution in [2.45, 2.75) is 13.8 Å². The standard InChI is InChI=1S/C17H18N2O3/c1-11(2)16(21)13-6-4-5-7-14(13)18-17(22)12-8-9-15(20)19(3)10-12/h4-11H,1-3H3,(H,18,22). The SMILES string of the molecule is CC(C)C(=O)c1ccccc1NC(=O)c1ccc(=O)n(C)c1. The van der Waals surface area contributed by atoms with Crippen molar-refractivity contribution in [3.8, 4) is 0 Å². The number of rotatable bonds is 4. The molecule has 0 unspecified atom stereocenters. The van der Waals surface area contributed by atoms with E-state index < -0.39 is 0 Å². The molecule has 0 aliphatic heterocycles. The molecule has 0 aliphatic rings. The van der Waals surface area contributed by atoms with E-state index in [0.29, 0.717) is 16.8 Å². The summed E-state index contributed by atoms with van der Waals surface area (Å²) in [6.07, 6.45) is 1.46. The van der Waals surface area contributed by atoms with Crippen LogP contribution in [0.2, 0.25) is 0 Å². The van der Waals surface area contributed by atoms with Crippen molar-refractivity contribution >= 4 is 17.4 Å². The number of aryl methyl sites for hydroxylation is 1. The van der Waals surface area contributed by atoms with E-state index in [-0.39, 0.29) is 23.2 Å². The minimum Gasteiger partial charge on any atom is -0.321 e. The van der Waals surface area contributed by atoms with Crippen LogP contribution in [0.25, 0.3) is 0 Å². The third-order valence-electron chi connectivity index (χ3n) is 3.31. The average Bonchev–Trinajstić information content (AvgIpc) is 2.49. The fraction of sp³-hybridized carbons (Fsp3) is 0.235. The van der Waals surface area contributed by atoms with Gasteiger partial charge in [0.05, 0.1) is 11.3 Å². The molecule has 2 rings (SSSR count). The van der Waals surface area contributed by atoms with Crippen molar-refractivity contribution in [2.75, 3.05) is 5.32 Å². The molecule has 1 aromatic heterocycles. The van der Waals surface area contributed by atoms with E-state index in [9.17, 15) is 14.4 Å². The van der Waals surface area contributed by atoms with Crippen LogP contribution in [0.4, 0.5) is 5.69 Å². The summed E-state index contributed by atoms with van der Waals surface area (Å²) in [5.74, 6) is -0.549. The molecule has 22 heavy (non-hydrogen) atoms. The monoisotopic (exact) mass is 298 g/mol. The zero-order valence-electron chi connectivity index (χ0n) is 12.8. The van der Waals surface area contributed by atoms with Crippen molar-refractivity contribution in [3.05, 3.63) is 64.1 Å². The summed E-state index contributed by atoms with van der Waals surface area (Å²) < 4.78 is 1.33. The van der Waals surface area contributed by atoms with E-state index in [1.54, 1.807) is 31.3 Å². The summed E-state index contributed by atoms with van der Waals surface area (Å²) >= 11 is 0. The van der Waals surface area contributed by atoms with Crippen molar-refractivity contribution in [1.29, 1.82) is 0 Å². The highest BCUT2D eigenvalue weighted by Crippen LogP contribution is 2.19. The largest absolute Gasteiger partial charge is 0.321 e. The normalized spacial score (nSPS) is 10.5. The molecule has 0 bridgehead atoms. The molecule has 114 valence electrons. The number of hydrogen-bond acceptors (Lipinski definition) is 3. The highest BCUT2D eigenvalue weighted by Gasteiger charge is 2.16. The predicted octanol–water partition coefficient (Wildman–Crippen LogP) is 2.48. The number of carbonyl (C=O) groups is 2. The van der Waals surface area contributed by atoms with Gasteiger partial charge in [0.2, 0.25) is 5.56 Å². The molecule has 0 aliphatic carbocycles. The van der Waals surface area contributed by atoms with Crippen LogP contribution < -0.4 is 10.9 Å². The minimum absolute atomic E-state index is 0.0311. The molecule has 0 atom stereocenters. The van der Waals surface area contributed by atoms with Gasteiger partial charge in [0, 0.05) is 30.8 Å². The molecule has 5 nitrogen and oxygen atoms in total. The molecular formula is C17H18N2O3. The Morgan fingerprint density at radius 1 is 1.09 bits per heavy atom. The van der Waals surface area contributed by atoms with Crippen LogP contribution in [0.15, 0.2) is 47.4 Å². The number of Topliss-reactive ketones (excluding diaryl/α,β-unsaturated/α-hetero) is 1. The van der Waals surface area contributed by atoms with Crippen LogP contribution in [0, 0.1) is 5.92 Å². The van der Waals surface area contributed by atoms with Gasteiger partial charge in [-0.15, -0.1) is 0 Å². The fourth-order valence-corrected chi connectivity index (χ4v) is 2.04. The van der Waals surface area contributed by atoms with Gasteiger partial charge in [0.25, 0.3) is 5.91 Å². The number of carbonyl (C=O) groups excluding carboxylic acids is 2. The maximum absolute atomic E-state index is 12.3.